The molecule has 1 fully saturated rings. The summed E-state index contributed by atoms with van der Waals surface area (Å²) in [6.07, 6.45) is 3.56. The highest BCUT2D eigenvalue weighted by atomic mass is 32.2. The van der Waals surface area contributed by atoms with Crippen molar-refractivity contribution >= 4 is 23.5 Å². The molecule has 15 heavy (non-hydrogen) atoms. The maximum Gasteiger partial charge on any atom is 0.316 e. The van der Waals surface area contributed by atoms with Crippen molar-refractivity contribution in [1.29, 1.82) is 0 Å². The van der Waals surface area contributed by atoms with Crippen LogP contribution < -0.4 is 0 Å². The van der Waals surface area contributed by atoms with Crippen molar-refractivity contribution < 1.29 is 19.1 Å². The fourth-order valence-electron chi connectivity index (χ4n) is 1.68. The summed E-state index contributed by atoms with van der Waals surface area (Å²) >= 11 is 1.59. The number of hydrogen-bond acceptors (Lipinski definition) is 5. The van der Waals surface area contributed by atoms with E-state index in [0.29, 0.717) is 25.2 Å². The van der Waals surface area contributed by atoms with Gasteiger partial charge in [-0.05, 0) is 19.1 Å². The van der Waals surface area contributed by atoms with Crippen molar-refractivity contribution in [3.8, 4) is 0 Å². The Morgan fingerprint density at radius 1 is 1.60 bits per heavy atom. The summed E-state index contributed by atoms with van der Waals surface area (Å²) in [5.41, 5.74) is 0. The summed E-state index contributed by atoms with van der Waals surface area (Å²) < 4.78 is 10.1. The predicted molar refractivity (Wildman–Crippen MR) is 57.6 cm³/mol. The van der Waals surface area contributed by atoms with E-state index in [2.05, 4.69) is 4.74 Å². The Kier molecular flexibility index (Phi) is 5.11. The molecule has 0 aromatic rings. The number of methoxy groups -OCH3 is 1. The lowest BCUT2D eigenvalue weighted by Crippen LogP contribution is -2.35. The Hall–Kier alpha value is -0.550. The van der Waals surface area contributed by atoms with Crippen molar-refractivity contribution in [2.75, 3.05) is 19.3 Å². The van der Waals surface area contributed by atoms with Crippen LogP contribution in [-0.2, 0) is 19.1 Å². The van der Waals surface area contributed by atoms with E-state index < -0.39 is 11.9 Å². The minimum Gasteiger partial charge on any atom is -0.468 e. The van der Waals surface area contributed by atoms with Crippen LogP contribution >= 0.6 is 11.8 Å². The molecule has 0 N–H and O–H groups in total. The molecule has 4 nitrogen and oxygen atoms in total. The highest BCUT2D eigenvalue weighted by Crippen LogP contribution is 2.25. The third kappa shape index (κ3) is 3.50. The summed E-state index contributed by atoms with van der Waals surface area (Å²) in [6.45, 7) is 0. The highest BCUT2D eigenvalue weighted by molar-refractivity contribution is 7.98. The second-order valence-corrected chi connectivity index (χ2v) is 4.32. The van der Waals surface area contributed by atoms with Crippen LogP contribution in [0.3, 0.4) is 0 Å². The molecule has 0 bridgehead atoms. The smallest absolute Gasteiger partial charge is 0.316 e. The SMILES string of the molecule is COC(=O)C1CC(OCSC)CCC1=O. The molecule has 1 saturated carbocycles. The van der Waals surface area contributed by atoms with Crippen molar-refractivity contribution in [1.82, 2.24) is 0 Å². The molecule has 2 unspecified atom stereocenters. The first-order valence-corrected chi connectivity index (χ1v) is 6.29. The van der Waals surface area contributed by atoms with Gasteiger partial charge >= 0.3 is 5.97 Å². The quantitative estimate of drug-likeness (QED) is 0.414. The largest absolute Gasteiger partial charge is 0.468 e. The van der Waals surface area contributed by atoms with Gasteiger partial charge in [0.1, 0.15) is 11.7 Å². The topological polar surface area (TPSA) is 52.6 Å². The van der Waals surface area contributed by atoms with Gasteiger partial charge in [-0.3, -0.25) is 9.59 Å². The fraction of sp³-hybridized carbons (Fsp3) is 0.800. The minimum atomic E-state index is -0.615. The van der Waals surface area contributed by atoms with Crippen LogP contribution in [-0.4, -0.2) is 37.2 Å². The third-order valence-electron chi connectivity index (χ3n) is 2.51. The molecule has 0 aliphatic heterocycles. The summed E-state index contributed by atoms with van der Waals surface area (Å²) in [5.74, 6) is -0.467. The standard InChI is InChI=1S/C10H16O4S/c1-13-10(12)8-5-7(14-6-15-2)3-4-9(8)11/h7-8H,3-6H2,1-2H3. The molecule has 2 atom stereocenters. The van der Waals surface area contributed by atoms with Gasteiger partial charge in [-0.25, -0.2) is 0 Å². The first-order valence-electron chi connectivity index (χ1n) is 4.90. The molecular formula is C10H16O4S. The molecule has 0 aromatic carbocycles. The van der Waals surface area contributed by atoms with Crippen LogP contribution in [0, 0.1) is 5.92 Å². The van der Waals surface area contributed by atoms with Crippen molar-refractivity contribution in [2.24, 2.45) is 5.92 Å². The van der Waals surface area contributed by atoms with Gasteiger partial charge < -0.3 is 9.47 Å². The maximum absolute atomic E-state index is 11.5. The van der Waals surface area contributed by atoms with Gasteiger partial charge in [0.2, 0.25) is 0 Å². The molecule has 1 rings (SSSR count). The zero-order valence-corrected chi connectivity index (χ0v) is 9.84. The lowest BCUT2D eigenvalue weighted by atomic mass is 9.86. The summed E-state index contributed by atoms with van der Waals surface area (Å²) in [6, 6.07) is 0. The van der Waals surface area contributed by atoms with Gasteiger partial charge in [-0.2, -0.15) is 0 Å². The Labute approximate surface area is 93.7 Å². The van der Waals surface area contributed by atoms with Gasteiger partial charge in [0.05, 0.1) is 19.2 Å². The number of esters is 1. The molecule has 1 aliphatic rings. The van der Waals surface area contributed by atoms with E-state index in [1.165, 1.54) is 7.11 Å². The highest BCUT2D eigenvalue weighted by Gasteiger charge is 2.34. The van der Waals surface area contributed by atoms with Crippen molar-refractivity contribution in [3.05, 3.63) is 0 Å². The Morgan fingerprint density at radius 2 is 2.33 bits per heavy atom. The molecule has 86 valence electrons. The second-order valence-electron chi connectivity index (χ2n) is 3.51. The third-order valence-corrected chi connectivity index (χ3v) is 2.88. The van der Waals surface area contributed by atoms with E-state index in [9.17, 15) is 9.59 Å². The van der Waals surface area contributed by atoms with E-state index in [-0.39, 0.29) is 11.9 Å². The number of Topliss-reactive ketones (excluding diaryl/α,β-unsaturated/α-hetero) is 1. The van der Waals surface area contributed by atoms with Crippen LogP contribution in [0.5, 0.6) is 0 Å². The Balaban J connectivity index is 2.48. The number of carbonyl (C=O) groups is 2. The van der Waals surface area contributed by atoms with Crippen LogP contribution in [0.25, 0.3) is 0 Å². The molecule has 0 aromatic heterocycles. The predicted octanol–water partition coefficient (Wildman–Crippen LogP) is 1.23. The Morgan fingerprint density at radius 3 is 2.93 bits per heavy atom. The van der Waals surface area contributed by atoms with Gasteiger partial charge in [0, 0.05) is 6.42 Å². The molecule has 0 saturated heterocycles. The van der Waals surface area contributed by atoms with E-state index in [1.807, 2.05) is 6.26 Å². The number of ketones is 1. The summed E-state index contributed by atoms with van der Waals surface area (Å²) in [7, 11) is 1.31. The zero-order chi connectivity index (χ0) is 11.3. The average molecular weight is 232 g/mol. The fourth-order valence-corrected chi connectivity index (χ4v) is 2.00. The molecule has 1 aliphatic carbocycles. The van der Waals surface area contributed by atoms with Crippen molar-refractivity contribution in [2.45, 2.75) is 25.4 Å². The average Bonchev–Trinajstić information content (AvgIpc) is 2.27. The van der Waals surface area contributed by atoms with E-state index in [0.717, 1.165) is 0 Å². The van der Waals surface area contributed by atoms with Gasteiger partial charge in [-0.1, -0.05) is 0 Å². The molecule has 0 amide bonds. The first-order chi connectivity index (χ1) is 7.19. The van der Waals surface area contributed by atoms with Crippen LogP contribution in [0.1, 0.15) is 19.3 Å². The van der Waals surface area contributed by atoms with Crippen LogP contribution in [0.4, 0.5) is 0 Å². The lowest BCUT2D eigenvalue weighted by molar-refractivity contribution is -0.153. The van der Waals surface area contributed by atoms with Crippen LogP contribution in [0.15, 0.2) is 0 Å². The van der Waals surface area contributed by atoms with Gasteiger partial charge in [-0.15, -0.1) is 11.8 Å². The Bertz CT molecular complexity index is 234. The second kappa shape index (κ2) is 6.12. The molecular weight excluding hydrogens is 216 g/mol. The number of rotatable bonds is 4. The molecule has 0 heterocycles. The molecule has 0 radical (unpaired) electrons. The summed E-state index contributed by atoms with van der Waals surface area (Å²) in [4.78, 5) is 22.7. The number of hydrogen-bond donors (Lipinski definition) is 0. The van der Waals surface area contributed by atoms with Gasteiger partial charge in [0.15, 0.2) is 0 Å². The number of thioether (sulfide) groups is 1. The number of ether oxygens (including phenoxy) is 2. The lowest BCUT2D eigenvalue weighted by Gasteiger charge is -2.26. The molecule has 0 spiro atoms. The molecule has 5 heteroatoms. The van der Waals surface area contributed by atoms with Gasteiger partial charge in [0.25, 0.3) is 0 Å². The zero-order valence-electron chi connectivity index (χ0n) is 9.02. The minimum absolute atomic E-state index is 0.0132. The normalized spacial score (nSPS) is 26.4. The number of carbonyl (C=O) groups excluding carboxylic acids is 2. The van der Waals surface area contributed by atoms with E-state index >= 15 is 0 Å². The van der Waals surface area contributed by atoms with Crippen molar-refractivity contribution in [3.63, 3.8) is 0 Å². The van der Waals surface area contributed by atoms with Crippen LogP contribution in [0.2, 0.25) is 0 Å². The first kappa shape index (κ1) is 12.5. The van der Waals surface area contributed by atoms with E-state index in [1.54, 1.807) is 11.8 Å². The maximum atomic E-state index is 11.5. The monoisotopic (exact) mass is 232 g/mol. The summed E-state index contributed by atoms with van der Waals surface area (Å²) in [5, 5.41) is 0. The van der Waals surface area contributed by atoms with E-state index in [4.69, 9.17) is 4.74 Å².